The lowest BCUT2D eigenvalue weighted by Gasteiger charge is -2.24. The molecule has 0 radical (unpaired) electrons. The Morgan fingerprint density at radius 2 is 1.85 bits per heavy atom. The van der Waals surface area contributed by atoms with Crippen LogP contribution in [0, 0.1) is 0 Å². The molecule has 3 nitrogen and oxygen atoms in total. The number of carbonyl (C=O) groups excluding carboxylic acids is 1. The molecule has 2 rings (SSSR count). The zero-order valence-electron chi connectivity index (χ0n) is 12.8. The Morgan fingerprint density at radius 3 is 2.40 bits per heavy atom. The summed E-state index contributed by atoms with van der Waals surface area (Å²) >= 11 is 0. The molecule has 1 aliphatic carbocycles. The predicted octanol–water partition coefficient (Wildman–Crippen LogP) is 3.59. The van der Waals surface area contributed by atoms with Gasteiger partial charge in [0.25, 0.3) is 5.91 Å². The van der Waals surface area contributed by atoms with Crippen molar-refractivity contribution in [3.63, 3.8) is 0 Å². The van der Waals surface area contributed by atoms with E-state index < -0.39 is 0 Å². The predicted molar refractivity (Wildman–Crippen MR) is 81.1 cm³/mol. The van der Waals surface area contributed by atoms with E-state index in [2.05, 4.69) is 26.0 Å². The SMILES string of the molecule is CC(C)c1ccc(OCC(=O)N(C)C2CCCC2)cc1. The Morgan fingerprint density at radius 1 is 1.25 bits per heavy atom. The lowest BCUT2D eigenvalue weighted by molar-refractivity contribution is -0.134. The van der Waals surface area contributed by atoms with Gasteiger partial charge in [-0.15, -0.1) is 0 Å². The zero-order chi connectivity index (χ0) is 14.5. The lowest BCUT2D eigenvalue weighted by atomic mass is 10.0. The minimum Gasteiger partial charge on any atom is -0.484 e. The molecular weight excluding hydrogens is 250 g/mol. The van der Waals surface area contributed by atoms with E-state index in [4.69, 9.17) is 4.74 Å². The normalized spacial score (nSPS) is 15.6. The van der Waals surface area contributed by atoms with E-state index in [0.29, 0.717) is 12.0 Å². The molecule has 0 spiro atoms. The third-order valence-electron chi connectivity index (χ3n) is 4.17. The van der Waals surface area contributed by atoms with Crippen LogP contribution in [-0.4, -0.2) is 30.5 Å². The quantitative estimate of drug-likeness (QED) is 0.822. The van der Waals surface area contributed by atoms with Crippen molar-refractivity contribution in [1.82, 2.24) is 4.90 Å². The number of hydrogen-bond donors (Lipinski definition) is 0. The van der Waals surface area contributed by atoms with Gasteiger partial charge in [0, 0.05) is 13.1 Å². The highest BCUT2D eigenvalue weighted by Gasteiger charge is 2.23. The summed E-state index contributed by atoms with van der Waals surface area (Å²) in [5.74, 6) is 1.35. The molecule has 1 fully saturated rings. The Balaban J connectivity index is 1.83. The van der Waals surface area contributed by atoms with Gasteiger partial charge in [0.1, 0.15) is 5.75 Å². The monoisotopic (exact) mass is 275 g/mol. The second-order valence-electron chi connectivity index (χ2n) is 5.96. The van der Waals surface area contributed by atoms with Crippen LogP contribution in [0.1, 0.15) is 51.0 Å². The molecule has 1 saturated carbocycles. The van der Waals surface area contributed by atoms with Crippen LogP contribution in [0.3, 0.4) is 0 Å². The van der Waals surface area contributed by atoms with Gasteiger partial charge in [0.2, 0.25) is 0 Å². The van der Waals surface area contributed by atoms with Crippen LogP contribution in [-0.2, 0) is 4.79 Å². The minimum absolute atomic E-state index is 0.0739. The maximum atomic E-state index is 12.1. The van der Waals surface area contributed by atoms with Crippen LogP contribution in [0.5, 0.6) is 5.75 Å². The van der Waals surface area contributed by atoms with Crippen LogP contribution in [0.2, 0.25) is 0 Å². The lowest BCUT2D eigenvalue weighted by Crippen LogP contribution is -2.38. The Hall–Kier alpha value is -1.51. The molecule has 20 heavy (non-hydrogen) atoms. The zero-order valence-corrected chi connectivity index (χ0v) is 12.8. The number of rotatable bonds is 5. The summed E-state index contributed by atoms with van der Waals surface area (Å²) in [6.07, 6.45) is 4.73. The third-order valence-corrected chi connectivity index (χ3v) is 4.17. The van der Waals surface area contributed by atoms with E-state index in [0.717, 1.165) is 18.6 Å². The standard InChI is InChI=1S/C17H25NO2/c1-13(2)14-8-10-16(11-9-14)20-12-17(19)18(3)15-6-4-5-7-15/h8-11,13,15H,4-7,12H2,1-3H3. The number of carbonyl (C=O) groups is 1. The van der Waals surface area contributed by atoms with Gasteiger partial charge in [0.05, 0.1) is 0 Å². The average Bonchev–Trinajstić information content (AvgIpc) is 2.98. The summed E-state index contributed by atoms with van der Waals surface area (Å²) < 4.78 is 5.59. The number of benzene rings is 1. The summed E-state index contributed by atoms with van der Waals surface area (Å²) in [6.45, 7) is 4.46. The molecule has 3 heteroatoms. The Kier molecular flexibility index (Phi) is 5.05. The van der Waals surface area contributed by atoms with Crippen molar-refractivity contribution in [3.05, 3.63) is 29.8 Å². The van der Waals surface area contributed by atoms with Crippen LogP contribution in [0.25, 0.3) is 0 Å². The first-order chi connectivity index (χ1) is 9.58. The maximum absolute atomic E-state index is 12.1. The number of likely N-dealkylation sites (N-methyl/N-ethyl adjacent to an activating group) is 1. The molecule has 0 N–H and O–H groups in total. The molecule has 110 valence electrons. The molecule has 1 aromatic rings. The van der Waals surface area contributed by atoms with Gasteiger partial charge in [-0.05, 0) is 36.5 Å². The highest BCUT2D eigenvalue weighted by atomic mass is 16.5. The summed E-state index contributed by atoms with van der Waals surface area (Å²) in [7, 11) is 1.89. The van der Waals surface area contributed by atoms with E-state index in [9.17, 15) is 4.79 Å². The fraction of sp³-hybridized carbons (Fsp3) is 0.588. The fourth-order valence-electron chi connectivity index (χ4n) is 2.69. The largest absolute Gasteiger partial charge is 0.484 e. The summed E-state index contributed by atoms with van der Waals surface area (Å²) in [4.78, 5) is 13.9. The topological polar surface area (TPSA) is 29.5 Å². The van der Waals surface area contributed by atoms with Crippen molar-refractivity contribution in [3.8, 4) is 5.75 Å². The van der Waals surface area contributed by atoms with Gasteiger partial charge in [-0.2, -0.15) is 0 Å². The highest BCUT2D eigenvalue weighted by Crippen LogP contribution is 2.23. The van der Waals surface area contributed by atoms with Crippen molar-refractivity contribution in [2.24, 2.45) is 0 Å². The second-order valence-corrected chi connectivity index (χ2v) is 5.96. The van der Waals surface area contributed by atoms with Crippen molar-refractivity contribution < 1.29 is 9.53 Å². The van der Waals surface area contributed by atoms with Crippen LogP contribution in [0.4, 0.5) is 0 Å². The van der Waals surface area contributed by atoms with E-state index in [1.54, 1.807) is 0 Å². The Labute approximate surface area is 121 Å². The van der Waals surface area contributed by atoms with Gasteiger partial charge in [-0.3, -0.25) is 4.79 Å². The van der Waals surface area contributed by atoms with Crippen molar-refractivity contribution >= 4 is 5.91 Å². The first kappa shape index (κ1) is 14.9. The van der Waals surface area contributed by atoms with Gasteiger partial charge in [-0.1, -0.05) is 38.8 Å². The second kappa shape index (κ2) is 6.78. The summed E-state index contributed by atoms with van der Waals surface area (Å²) in [5, 5.41) is 0. The summed E-state index contributed by atoms with van der Waals surface area (Å²) in [5.41, 5.74) is 1.28. The molecule has 0 saturated heterocycles. The fourth-order valence-corrected chi connectivity index (χ4v) is 2.69. The Bertz CT molecular complexity index is 433. The van der Waals surface area contributed by atoms with Gasteiger partial charge >= 0.3 is 0 Å². The number of hydrogen-bond acceptors (Lipinski definition) is 2. The molecule has 0 atom stereocenters. The minimum atomic E-state index is 0.0739. The average molecular weight is 275 g/mol. The van der Waals surface area contributed by atoms with Crippen LogP contribution < -0.4 is 4.74 Å². The summed E-state index contributed by atoms with van der Waals surface area (Å²) in [6, 6.07) is 8.42. The molecule has 1 aromatic carbocycles. The number of nitrogens with zero attached hydrogens (tertiary/aromatic N) is 1. The molecule has 0 heterocycles. The number of amides is 1. The van der Waals surface area contributed by atoms with Gasteiger partial charge in [-0.25, -0.2) is 0 Å². The van der Waals surface area contributed by atoms with Crippen LogP contribution >= 0.6 is 0 Å². The van der Waals surface area contributed by atoms with Crippen LogP contribution in [0.15, 0.2) is 24.3 Å². The first-order valence-electron chi connectivity index (χ1n) is 7.56. The molecule has 0 aliphatic heterocycles. The van der Waals surface area contributed by atoms with E-state index in [1.807, 2.05) is 24.1 Å². The first-order valence-corrected chi connectivity index (χ1v) is 7.56. The third kappa shape index (κ3) is 3.75. The molecule has 1 amide bonds. The molecule has 0 bridgehead atoms. The van der Waals surface area contributed by atoms with Crippen molar-refractivity contribution in [2.45, 2.75) is 51.5 Å². The van der Waals surface area contributed by atoms with E-state index >= 15 is 0 Å². The maximum Gasteiger partial charge on any atom is 0.260 e. The molecule has 1 aliphatic rings. The smallest absolute Gasteiger partial charge is 0.260 e. The van der Waals surface area contributed by atoms with E-state index in [1.165, 1.54) is 18.4 Å². The molecular formula is C17H25NO2. The van der Waals surface area contributed by atoms with Gasteiger partial charge in [0.15, 0.2) is 6.61 Å². The molecule has 0 unspecified atom stereocenters. The van der Waals surface area contributed by atoms with E-state index in [-0.39, 0.29) is 12.5 Å². The highest BCUT2D eigenvalue weighted by molar-refractivity contribution is 5.77. The van der Waals surface area contributed by atoms with Crippen molar-refractivity contribution in [1.29, 1.82) is 0 Å². The van der Waals surface area contributed by atoms with Gasteiger partial charge < -0.3 is 9.64 Å². The van der Waals surface area contributed by atoms with Crippen molar-refractivity contribution in [2.75, 3.05) is 13.7 Å². The number of ether oxygens (including phenoxy) is 1. The molecule has 0 aromatic heterocycles.